The molecule has 6 heteroatoms. The Morgan fingerprint density at radius 1 is 0.923 bits per heavy atom. The number of nitrogens with one attached hydrogen (secondary N) is 1. The minimum atomic E-state index is -0.190. The first-order valence-electron chi connectivity index (χ1n) is 7.97. The lowest BCUT2D eigenvalue weighted by Crippen LogP contribution is -2.11. The molecule has 0 aliphatic rings. The molecule has 0 bridgehead atoms. The van der Waals surface area contributed by atoms with Gasteiger partial charge >= 0.3 is 0 Å². The van der Waals surface area contributed by atoms with Gasteiger partial charge in [-0.05, 0) is 36.4 Å². The molecule has 0 fully saturated rings. The first-order valence-corrected chi connectivity index (χ1v) is 8.85. The third-order valence-electron chi connectivity index (χ3n) is 3.75. The number of carbonyl (C=O) groups is 1. The Bertz CT molecular complexity index is 1030. The number of carbonyl (C=O) groups excluding carboxylic acids is 1. The quantitative estimate of drug-likeness (QED) is 0.582. The van der Waals surface area contributed by atoms with Crippen LogP contribution >= 0.6 is 11.3 Å². The minimum absolute atomic E-state index is 0.190. The summed E-state index contributed by atoms with van der Waals surface area (Å²) in [5, 5.41) is 5.81. The molecule has 1 amide bonds. The summed E-state index contributed by atoms with van der Waals surface area (Å²) in [6, 6.07) is 15.0. The van der Waals surface area contributed by atoms with Crippen molar-refractivity contribution in [3.63, 3.8) is 0 Å². The third-order valence-corrected chi connectivity index (χ3v) is 4.64. The van der Waals surface area contributed by atoms with E-state index >= 15 is 0 Å². The smallest absolute Gasteiger partial charge is 0.257 e. The van der Waals surface area contributed by atoms with Crippen molar-refractivity contribution in [3.8, 4) is 21.8 Å². The van der Waals surface area contributed by atoms with Crippen LogP contribution in [-0.4, -0.2) is 20.9 Å². The van der Waals surface area contributed by atoms with E-state index in [-0.39, 0.29) is 5.91 Å². The number of aromatic nitrogens is 3. The fourth-order valence-corrected chi connectivity index (χ4v) is 3.30. The molecule has 0 saturated carbocycles. The van der Waals surface area contributed by atoms with E-state index in [9.17, 15) is 4.79 Å². The maximum Gasteiger partial charge on any atom is 0.257 e. The zero-order valence-corrected chi connectivity index (χ0v) is 14.5. The number of thiazole rings is 1. The van der Waals surface area contributed by atoms with E-state index in [4.69, 9.17) is 0 Å². The van der Waals surface area contributed by atoms with Gasteiger partial charge < -0.3 is 5.32 Å². The molecule has 1 N–H and O–H groups in total. The SMILES string of the molecule is O=C(Nc1cccc(-c2csc(-c3cccnc3)n2)c1)c1cccnc1. The molecule has 5 nitrogen and oxygen atoms in total. The predicted octanol–water partition coefficient (Wildman–Crippen LogP) is 4.52. The Morgan fingerprint density at radius 2 is 1.73 bits per heavy atom. The molecule has 126 valence electrons. The van der Waals surface area contributed by atoms with Gasteiger partial charge in [-0.2, -0.15) is 0 Å². The highest BCUT2D eigenvalue weighted by Crippen LogP contribution is 2.29. The van der Waals surface area contributed by atoms with Crippen LogP contribution in [0, 0.1) is 0 Å². The van der Waals surface area contributed by atoms with Gasteiger partial charge in [-0.3, -0.25) is 14.8 Å². The lowest BCUT2D eigenvalue weighted by Gasteiger charge is -2.06. The van der Waals surface area contributed by atoms with Crippen molar-refractivity contribution in [2.75, 3.05) is 5.32 Å². The molecule has 0 aliphatic carbocycles. The summed E-state index contributed by atoms with van der Waals surface area (Å²) in [5.74, 6) is -0.190. The average molecular weight is 358 g/mol. The molecule has 0 saturated heterocycles. The molecule has 3 heterocycles. The highest BCUT2D eigenvalue weighted by Gasteiger charge is 2.09. The second-order valence-electron chi connectivity index (χ2n) is 5.56. The predicted molar refractivity (Wildman–Crippen MR) is 103 cm³/mol. The molecule has 26 heavy (non-hydrogen) atoms. The van der Waals surface area contributed by atoms with E-state index in [1.165, 1.54) is 0 Å². The van der Waals surface area contributed by atoms with E-state index in [0.29, 0.717) is 11.3 Å². The number of rotatable bonds is 4. The Morgan fingerprint density at radius 3 is 2.50 bits per heavy atom. The van der Waals surface area contributed by atoms with Crippen molar-refractivity contribution in [1.82, 2.24) is 15.0 Å². The van der Waals surface area contributed by atoms with E-state index in [2.05, 4.69) is 20.3 Å². The van der Waals surface area contributed by atoms with Gasteiger partial charge in [-0.25, -0.2) is 4.98 Å². The van der Waals surface area contributed by atoms with E-state index in [1.807, 2.05) is 41.8 Å². The van der Waals surface area contributed by atoms with Crippen molar-refractivity contribution in [2.45, 2.75) is 0 Å². The Hall–Kier alpha value is -3.38. The number of anilines is 1. The zero-order valence-electron chi connectivity index (χ0n) is 13.7. The highest BCUT2D eigenvalue weighted by atomic mass is 32.1. The molecule has 0 spiro atoms. The summed E-state index contributed by atoms with van der Waals surface area (Å²) >= 11 is 1.57. The molecule has 0 aliphatic heterocycles. The highest BCUT2D eigenvalue weighted by molar-refractivity contribution is 7.13. The molecule has 3 aromatic heterocycles. The van der Waals surface area contributed by atoms with E-state index < -0.39 is 0 Å². The van der Waals surface area contributed by atoms with Crippen LogP contribution in [0.4, 0.5) is 5.69 Å². The summed E-state index contributed by atoms with van der Waals surface area (Å²) in [6.45, 7) is 0. The van der Waals surface area contributed by atoms with Gasteiger partial charge in [-0.15, -0.1) is 11.3 Å². The number of benzene rings is 1. The molecule has 0 atom stereocenters. The van der Waals surface area contributed by atoms with Crippen LogP contribution in [-0.2, 0) is 0 Å². The van der Waals surface area contributed by atoms with Gasteiger partial charge in [0, 0.05) is 47.0 Å². The van der Waals surface area contributed by atoms with Crippen LogP contribution in [0.5, 0.6) is 0 Å². The lowest BCUT2D eigenvalue weighted by atomic mass is 10.1. The molecular weight excluding hydrogens is 344 g/mol. The lowest BCUT2D eigenvalue weighted by molar-refractivity contribution is 0.102. The van der Waals surface area contributed by atoms with Crippen LogP contribution in [0.2, 0.25) is 0 Å². The summed E-state index contributed by atoms with van der Waals surface area (Å²) in [5.41, 5.74) is 4.04. The standard InChI is InChI=1S/C20H14N4OS/c25-19(15-5-2-8-21-11-15)23-17-7-1-4-14(10-17)18-13-26-20(24-18)16-6-3-9-22-12-16/h1-13H,(H,23,25). The van der Waals surface area contributed by atoms with Crippen LogP contribution in [0.3, 0.4) is 0 Å². The molecule has 0 unspecified atom stereocenters. The minimum Gasteiger partial charge on any atom is -0.322 e. The number of hydrogen-bond acceptors (Lipinski definition) is 5. The topological polar surface area (TPSA) is 67.8 Å². The molecule has 1 aromatic carbocycles. The maximum atomic E-state index is 12.3. The summed E-state index contributed by atoms with van der Waals surface area (Å²) in [7, 11) is 0. The number of nitrogens with zero attached hydrogens (tertiary/aromatic N) is 3. The van der Waals surface area contributed by atoms with Crippen LogP contribution in [0.1, 0.15) is 10.4 Å². The van der Waals surface area contributed by atoms with Crippen molar-refractivity contribution in [2.24, 2.45) is 0 Å². The normalized spacial score (nSPS) is 10.5. The van der Waals surface area contributed by atoms with Gasteiger partial charge in [0.15, 0.2) is 0 Å². The van der Waals surface area contributed by atoms with Crippen LogP contribution < -0.4 is 5.32 Å². The Labute approximate surface area is 154 Å². The van der Waals surface area contributed by atoms with Gasteiger partial charge in [0.05, 0.1) is 11.3 Å². The largest absolute Gasteiger partial charge is 0.322 e. The number of pyridine rings is 2. The van der Waals surface area contributed by atoms with Gasteiger partial charge in [0.25, 0.3) is 5.91 Å². The van der Waals surface area contributed by atoms with Gasteiger partial charge in [0.2, 0.25) is 0 Å². The molecular formula is C20H14N4OS. The zero-order chi connectivity index (χ0) is 17.8. The van der Waals surface area contributed by atoms with E-state index in [0.717, 1.165) is 21.8 Å². The molecule has 4 rings (SSSR count). The summed E-state index contributed by atoms with van der Waals surface area (Å²) in [6.07, 6.45) is 6.72. The third kappa shape index (κ3) is 3.50. The van der Waals surface area contributed by atoms with Crippen molar-refractivity contribution in [1.29, 1.82) is 0 Å². The second-order valence-corrected chi connectivity index (χ2v) is 6.41. The number of amides is 1. The number of hydrogen-bond donors (Lipinski definition) is 1. The second kappa shape index (κ2) is 7.25. The first kappa shape index (κ1) is 16.1. The summed E-state index contributed by atoms with van der Waals surface area (Å²) in [4.78, 5) is 25.1. The van der Waals surface area contributed by atoms with Crippen molar-refractivity contribution >= 4 is 22.9 Å². The fraction of sp³-hybridized carbons (Fsp3) is 0. The van der Waals surface area contributed by atoms with Gasteiger partial charge in [-0.1, -0.05) is 12.1 Å². The van der Waals surface area contributed by atoms with Crippen molar-refractivity contribution in [3.05, 3.63) is 84.3 Å². The Kier molecular flexibility index (Phi) is 4.49. The molecule has 4 aromatic rings. The fourth-order valence-electron chi connectivity index (χ4n) is 2.48. The summed E-state index contributed by atoms with van der Waals surface area (Å²) < 4.78 is 0. The average Bonchev–Trinajstić information content (AvgIpc) is 3.20. The first-order chi connectivity index (χ1) is 12.8. The van der Waals surface area contributed by atoms with Crippen LogP contribution in [0.25, 0.3) is 21.8 Å². The van der Waals surface area contributed by atoms with Gasteiger partial charge in [0.1, 0.15) is 5.01 Å². The maximum absolute atomic E-state index is 12.3. The van der Waals surface area contributed by atoms with E-state index in [1.54, 1.807) is 48.3 Å². The Balaban J connectivity index is 1.57. The van der Waals surface area contributed by atoms with Crippen LogP contribution in [0.15, 0.2) is 78.7 Å². The monoisotopic (exact) mass is 358 g/mol. The molecule has 0 radical (unpaired) electrons. The van der Waals surface area contributed by atoms with Crippen molar-refractivity contribution < 1.29 is 4.79 Å².